The lowest BCUT2D eigenvalue weighted by molar-refractivity contribution is 0.516. The monoisotopic (exact) mass is 168 g/mol. The summed E-state index contributed by atoms with van der Waals surface area (Å²) in [6, 6.07) is 0. The van der Waals surface area contributed by atoms with Gasteiger partial charge in [-0.05, 0) is 26.3 Å². The van der Waals surface area contributed by atoms with Crippen molar-refractivity contribution in [3.63, 3.8) is 0 Å². The van der Waals surface area contributed by atoms with Gasteiger partial charge in [-0.2, -0.15) is 0 Å². The molecule has 0 aliphatic heterocycles. The van der Waals surface area contributed by atoms with E-state index in [0.29, 0.717) is 0 Å². The fourth-order valence-corrected chi connectivity index (χ4v) is 0.844. The van der Waals surface area contributed by atoms with E-state index in [9.17, 15) is 4.39 Å². The summed E-state index contributed by atoms with van der Waals surface area (Å²) in [5.41, 5.74) is 1.10. The van der Waals surface area contributed by atoms with Crippen LogP contribution in [-0.2, 0) is 0 Å². The SMILES string of the molecule is C=CC(CC)/C(F)=C\C=C(C)C. The van der Waals surface area contributed by atoms with Gasteiger partial charge in [0.1, 0.15) is 5.83 Å². The molecule has 0 saturated carbocycles. The summed E-state index contributed by atoms with van der Waals surface area (Å²) in [7, 11) is 0. The summed E-state index contributed by atoms with van der Waals surface area (Å²) >= 11 is 0. The predicted molar refractivity (Wildman–Crippen MR) is 52.6 cm³/mol. The maximum Gasteiger partial charge on any atom is 0.107 e. The van der Waals surface area contributed by atoms with Crippen molar-refractivity contribution in [3.8, 4) is 0 Å². The van der Waals surface area contributed by atoms with Gasteiger partial charge in [-0.1, -0.05) is 24.6 Å². The van der Waals surface area contributed by atoms with Crippen molar-refractivity contribution in [2.75, 3.05) is 0 Å². The Balaban J connectivity index is 4.34. The molecule has 1 atom stereocenters. The minimum Gasteiger partial charge on any atom is -0.211 e. The number of hydrogen-bond acceptors (Lipinski definition) is 0. The van der Waals surface area contributed by atoms with Crippen LogP contribution in [0.2, 0.25) is 0 Å². The molecule has 68 valence electrons. The molecule has 0 aliphatic rings. The van der Waals surface area contributed by atoms with Crippen molar-refractivity contribution in [3.05, 3.63) is 36.2 Å². The van der Waals surface area contributed by atoms with Crippen LogP contribution in [0.5, 0.6) is 0 Å². The van der Waals surface area contributed by atoms with Gasteiger partial charge in [0.05, 0.1) is 0 Å². The third kappa shape index (κ3) is 4.12. The van der Waals surface area contributed by atoms with Crippen molar-refractivity contribution in [1.29, 1.82) is 0 Å². The molecular formula is C11H17F. The summed E-state index contributed by atoms with van der Waals surface area (Å²) in [5, 5.41) is 0. The molecule has 1 heteroatoms. The van der Waals surface area contributed by atoms with Crippen LogP contribution in [0.4, 0.5) is 4.39 Å². The van der Waals surface area contributed by atoms with E-state index < -0.39 is 0 Å². The molecule has 0 nitrogen and oxygen atoms in total. The van der Waals surface area contributed by atoms with Crippen molar-refractivity contribution < 1.29 is 4.39 Å². The van der Waals surface area contributed by atoms with Crippen molar-refractivity contribution in [2.24, 2.45) is 5.92 Å². The Bertz CT molecular complexity index is 195. The second-order valence-electron chi connectivity index (χ2n) is 3.05. The Morgan fingerprint density at radius 1 is 1.42 bits per heavy atom. The Morgan fingerprint density at radius 2 is 2.00 bits per heavy atom. The number of halogens is 1. The summed E-state index contributed by atoms with van der Waals surface area (Å²) in [4.78, 5) is 0. The molecule has 1 unspecified atom stereocenters. The van der Waals surface area contributed by atoms with E-state index in [4.69, 9.17) is 0 Å². The van der Waals surface area contributed by atoms with E-state index in [-0.39, 0.29) is 11.7 Å². The fourth-order valence-electron chi connectivity index (χ4n) is 0.844. The van der Waals surface area contributed by atoms with E-state index in [2.05, 4.69) is 6.58 Å². The van der Waals surface area contributed by atoms with Crippen LogP contribution < -0.4 is 0 Å². The topological polar surface area (TPSA) is 0 Å². The van der Waals surface area contributed by atoms with E-state index in [1.807, 2.05) is 20.8 Å². The molecular weight excluding hydrogens is 151 g/mol. The smallest absolute Gasteiger partial charge is 0.107 e. The highest BCUT2D eigenvalue weighted by Gasteiger charge is 2.05. The lowest BCUT2D eigenvalue weighted by atomic mass is 10.1. The predicted octanol–water partition coefficient (Wildman–Crippen LogP) is 4.02. The first-order chi connectivity index (χ1) is 5.61. The fraction of sp³-hybridized carbons (Fsp3) is 0.455. The highest BCUT2D eigenvalue weighted by molar-refractivity contribution is 5.15. The molecule has 0 fully saturated rings. The molecule has 0 aromatic carbocycles. The van der Waals surface area contributed by atoms with Crippen LogP contribution in [0.25, 0.3) is 0 Å². The first-order valence-corrected chi connectivity index (χ1v) is 4.25. The largest absolute Gasteiger partial charge is 0.211 e. The maximum absolute atomic E-state index is 13.2. The molecule has 0 aromatic heterocycles. The molecule has 0 aromatic rings. The van der Waals surface area contributed by atoms with Crippen LogP contribution in [-0.4, -0.2) is 0 Å². The molecule has 0 saturated heterocycles. The molecule has 0 radical (unpaired) electrons. The lowest BCUT2D eigenvalue weighted by Gasteiger charge is -2.04. The zero-order valence-corrected chi connectivity index (χ0v) is 8.10. The Labute approximate surface area is 74.5 Å². The lowest BCUT2D eigenvalue weighted by Crippen LogP contribution is -1.93. The normalized spacial score (nSPS) is 13.8. The minimum atomic E-state index is -0.124. The Kier molecular flexibility index (Phi) is 5.35. The van der Waals surface area contributed by atoms with E-state index in [0.717, 1.165) is 12.0 Å². The summed E-state index contributed by atoms with van der Waals surface area (Å²) in [6.45, 7) is 9.41. The standard InChI is InChI=1S/C11H17F/c1-5-10(6-2)11(12)8-7-9(3)4/h5,7-8,10H,1,6H2,2-4H3/b11-8+. The van der Waals surface area contributed by atoms with Crippen LogP contribution in [0.1, 0.15) is 27.2 Å². The third-order valence-corrected chi connectivity index (χ3v) is 1.65. The quantitative estimate of drug-likeness (QED) is 0.439. The molecule has 0 N–H and O–H groups in total. The van der Waals surface area contributed by atoms with Crippen molar-refractivity contribution >= 4 is 0 Å². The Hall–Kier alpha value is -0.850. The highest BCUT2D eigenvalue weighted by atomic mass is 19.1. The number of rotatable bonds is 4. The van der Waals surface area contributed by atoms with Gasteiger partial charge in [0, 0.05) is 5.92 Å². The first-order valence-electron chi connectivity index (χ1n) is 4.25. The minimum absolute atomic E-state index is 0.103. The van der Waals surface area contributed by atoms with E-state index >= 15 is 0 Å². The van der Waals surface area contributed by atoms with Crippen LogP contribution in [0, 0.1) is 5.92 Å². The molecule has 0 aliphatic carbocycles. The number of allylic oxidation sites excluding steroid dienone is 5. The molecule has 0 spiro atoms. The van der Waals surface area contributed by atoms with Crippen molar-refractivity contribution in [2.45, 2.75) is 27.2 Å². The molecule has 0 heterocycles. The van der Waals surface area contributed by atoms with Crippen LogP contribution in [0.15, 0.2) is 36.2 Å². The maximum atomic E-state index is 13.2. The van der Waals surface area contributed by atoms with Crippen molar-refractivity contribution in [1.82, 2.24) is 0 Å². The molecule has 0 bridgehead atoms. The van der Waals surface area contributed by atoms with Gasteiger partial charge in [0.25, 0.3) is 0 Å². The first kappa shape index (κ1) is 11.2. The summed E-state index contributed by atoms with van der Waals surface area (Å²) < 4.78 is 13.2. The molecule has 0 amide bonds. The summed E-state index contributed by atoms with van der Waals surface area (Å²) in [5.74, 6) is -0.228. The van der Waals surface area contributed by atoms with Gasteiger partial charge < -0.3 is 0 Å². The van der Waals surface area contributed by atoms with Crippen LogP contribution in [0.3, 0.4) is 0 Å². The third-order valence-electron chi connectivity index (χ3n) is 1.65. The highest BCUT2D eigenvalue weighted by Crippen LogP contribution is 2.17. The van der Waals surface area contributed by atoms with Gasteiger partial charge in [0.2, 0.25) is 0 Å². The van der Waals surface area contributed by atoms with Crippen LogP contribution >= 0.6 is 0 Å². The average molecular weight is 168 g/mol. The van der Waals surface area contributed by atoms with E-state index in [1.165, 1.54) is 6.08 Å². The zero-order valence-electron chi connectivity index (χ0n) is 8.10. The molecule has 0 rings (SSSR count). The average Bonchev–Trinajstić information content (AvgIpc) is 2.03. The van der Waals surface area contributed by atoms with Gasteiger partial charge in [0.15, 0.2) is 0 Å². The Morgan fingerprint density at radius 3 is 2.33 bits per heavy atom. The number of hydrogen-bond donors (Lipinski definition) is 0. The van der Waals surface area contributed by atoms with E-state index in [1.54, 1.807) is 12.2 Å². The van der Waals surface area contributed by atoms with Gasteiger partial charge >= 0.3 is 0 Å². The second-order valence-corrected chi connectivity index (χ2v) is 3.05. The molecule has 12 heavy (non-hydrogen) atoms. The zero-order chi connectivity index (χ0) is 9.56. The van der Waals surface area contributed by atoms with Gasteiger partial charge in [-0.3, -0.25) is 0 Å². The van der Waals surface area contributed by atoms with Gasteiger partial charge in [-0.15, -0.1) is 6.58 Å². The second kappa shape index (κ2) is 5.76. The summed E-state index contributed by atoms with van der Waals surface area (Å²) in [6.07, 6.45) is 5.71. The van der Waals surface area contributed by atoms with Gasteiger partial charge in [-0.25, -0.2) is 4.39 Å².